The van der Waals surface area contributed by atoms with Crippen LogP contribution in [0.1, 0.15) is 50.0 Å². The minimum atomic E-state index is -0.978. The van der Waals surface area contributed by atoms with Crippen LogP contribution >= 0.6 is 0 Å². The average Bonchev–Trinajstić information content (AvgIpc) is 3.43. The summed E-state index contributed by atoms with van der Waals surface area (Å²) in [4.78, 5) is 53.6. The van der Waals surface area contributed by atoms with Gasteiger partial charge in [-0.25, -0.2) is 0 Å². The van der Waals surface area contributed by atoms with Gasteiger partial charge in [0.15, 0.2) is 11.6 Å². The molecule has 2 amide bonds. The van der Waals surface area contributed by atoms with Gasteiger partial charge in [-0.1, -0.05) is 19.9 Å². The van der Waals surface area contributed by atoms with Gasteiger partial charge in [0.05, 0.1) is 18.8 Å². The molecule has 1 aliphatic heterocycles. The summed E-state index contributed by atoms with van der Waals surface area (Å²) in [6.07, 6.45) is 1.11. The number of carbonyl (C=O) groups is 4. The fourth-order valence-electron chi connectivity index (χ4n) is 4.47. The zero-order valence-electron chi connectivity index (χ0n) is 19.8. The molecule has 1 aromatic carbocycles. The molecule has 2 heterocycles. The average molecular weight is 472 g/mol. The van der Waals surface area contributed by atoms with E-state index in [1.807, 2.05) is 32.0 Å². The van der Waals surface area contributed by atoms with Crippen LogP contribution in [0, 0.1) is 17.8 Å². The second-order valence-electron chi connectivity index (χ2n) is 9.26. The van der Waals surface area contributed by atoms with Gasteiger partial charge in [-0.2, -0.15) is 0 Å². The molecule has 184 valence electrons. The first-order chi connectivity index (χ1) is 16.2. The Bertz CT molecular complexity index is 1060. The van der Waals surface area contributed by atoms with E-state index in [1.54, 1.807) is 13.2 Å². The summed E-state index contributed by atoms with van der Waals surface area (Å²) in [7, 11) is 1.56. The smallest absolute Gasteiger partial charge is 0.224 e. The van der Waals surface area contributed by atoms with Gasteiger partial charge >= 0.3 is 0 Å². The SMILES string of the molecule is COc1cccc2[nH]c(C(=O)C[C@@H](CC(C)C)C(=O)N[C@@H](C[C@@H]3CCNC3=O)C(=O)CO)cc12. The van der Waals surface area contributed by atoms with Crippen molar-refractivity contribution in [3.05, 3.63) is 30.0 Å². The predicted molar refractivity (Wildman–Crippen MR) is 127 cm³/mol. The highest BCUT2D eigenvalue weighted by atomic mass is 16.5. The number of amides is 2. The number of aromatic amines is 1. The Morgan fingerprint density at radius 2 is 2.03 bits per heavy atom. The molecule has 9 nitrogen and oxygen atoms in total. The molecule has 1 saturated heterocycles. The summed E-state index contributed by atoms with van der Waals surface area (Å²) in [6.45, 7) is 3.71. The third-order valence-electron chi connectivity index (χ3n) is 6.25. The molecule has 1 aromatic heterocycles. The second kappa shape index (κ2) is 11.3. The topological polar surface area (TPSA) is 138 Å². The lowest BCUT2D eigenvalue weighted by molar-refractivity contribution is -0.132. The van der Waals surface area contributed by atoms with Gasteiger partial charge < -0.3 is 25.5 Å². The minimum Gasteiger partial charge on any atom is -0.496 e. The monoisotopic (exact) mass is 471 g/mol. The standard InChI is InChI=1S/C25H33N3O6/c1-14(2)9-16(11-21(30)20-12-17-18(27-20)5-4-6-23(17)34-3)25(33)28-19(22(31)13-29)10-15-7-8-26-24(15)32/h4-6,12,14-16,19,27,29H,7-11,13H2,1-3H3,(H,26,32)(H,28,33)/t15-,16+,19-/m0/s1. The summed E-state index contributed by atoms with van der Waals surface area (Å²) in [5.74, 6) is -1.64. The molecule has 1 aliphatic rings. The van der Waals surface area contributed by atoms with Crippen molar-refractivity contribution >= 4 is 34.3 Å². The van der Waals surface area contributed by atoms with Crippen molar-refractivity contribution in [2.24, 2.45) is 17.8 Å². The van der Waals surface area contributed by atoms with Crippen LogP contribution in [0.2, 0.25) is 0 Å². The van der Waals surface area contributed by atoms with Crippen molar-refractivity contribution in [1.82, 2.24) is 15.6 Å². The number of Topliss-reactive ketones (excluding diaryl/α,β-unsaturated/α-hetero) is 2. The van der Waals surface area contributed by atoms with E-state index in [9.17, 15) is 24.3 Å². The Labute approximate surface area is 198 Å². The molecular formula is C25H33N3O6. The summed E-state index contributed by atoms with van der Waals surface area (Å²) in [6, 6.07) is 6.22. The van der Waals surface area contributed by atoms with Crippen LogP contribution in [-0.2, 0) is 14.4 Å². The van der Waals surface area contributed by atoms with Crippen LogP contribution in [0.3, 0.4) is 0 Å². The van der Waals surface area contributed by atoms with Gasteiger partial charge in [0.1, 0.15) is 12.4 Å². The first-order valence-electron chi connectivity index (χ1n) is 11.6. The highest BCUT2D eigenvalue weighted by molar-refractivity contribution is 6.02. The van der Waals surface area contributed by atoms with Gasteiger partial charge in [0, 0.05) is 35.7 Å². The van der Waals surface area contributed by atoms with E-state index in [2.05, 4.69) is 15.6 Å². The number of benzene rings is 1. The van der Waals surface area contributed by atoms with Crippen molar-refractivity contribution in [3.8, 4) is 5.75 Å². The number of aromatic nitrogens is 1. The molecule has 0 bridgehead atoms. The molecule has 1 fully saturated rings. The van der Waals surface area contributed by atoms with Crippen LogP contribution in [-0.4, -0.2) is 59.8 Å². The van der Waals surface area contributed by atoms with E-state index in [-0.39, 0.29) is 30.4 Å². The van der Waals surface area contributed by atoms with Gasteiger partial charge in [-0.05, 0) is 43.4 Å². The summed E-state index contributed by atoms with van der Waals surface area (Å²) in [5.41, 5.74) is 1.14. The molecule has 34 heavy (non-hydrogen) atoms. The molecule has 3 atom stereocenters. The lowest BCUT2D eigenvalue weighted by Gasteiger charge is -2.23. The van der Waals surface area contributed by atoms with Crippen LogP contribution in [0.25, 0.3) is 10.9 Å². The zero-order chi connectivity index (χ0) is 24.8. The molecule has 0 spiro atoms. The first kappa shape index (κ1) is 25.4. The largest absolute Gasteiger partial charge is 0.496 e. The maximum Gasteiger partial charge on any atom is 0.224 e. The number of aliphatic hydroxyl groups is 1. The number of H-pyrrole nitrogens is 1. The normalized spacial score (nSPS) is 17.4. The summed E-state index contributed by atoms with van der Waals surface area (Å²) < 4.78 is 5.36. The third-order valence-corrected chi connectivity index (χ3v) is 6.25. The number of methoxy groups -OCH3 is 1. The maximum absolute atomic E-state index is 13.2. The number of aliphatic hydroxyl groups excluding tert-OH is 1. The number of ether oxygens (including phenoxy) is 1. The Morgan fingerprint density at radius 3 is 2.65 bits per heavy atom. The zero-order valence-corrected chi connectivity index (χ0v) is 19.8. The van der Waals surface area contributed by atoms with E-state index in [0.717, 1.165) is 10.9 Å². The molecule has 0 unspecified atom stereocenters. The molecule has 4 N–H and O–H groups in total. The Kier molecular flexibility index (Phi) is 8.44. The number of nitrogens with one attached hydrogen (secondary N) is 3. The van der Waals surface area contributed by atoms with Gasteiger partial charge in [-0.15, -0.1) is 0 Å². The minimum absolute atomic E-state index is 0.0386. The molecule has 0 saturated carbocycles. The van der Waals surface area contributed by atoms with Crippen molar-refractivity contribution in [1.29, 1.82) is 0 Å². The Hall–Kier alpha value is -3.20. The Morgan fingerprint density at radius 1 is 1.26 bits per heavy atom. The summed E-state index contributed by atoms with van der Waals surface area (Å²) >= 11 is 0. The van der Waals surface area contributed by atoms with Gasteiger partial charge in [0.2, 0.25) is 11.8 Å². The van der Waals surface area contributed by atoms with Crippen LogP contribution < -0.4 is 15.4 Å². The first-order valence-corrected chi connectivity index (χ1v) is 11.6. The number of hydrogen-bond acceptors (Lipinski definition) is 6. The number of hydrogen-bond donors (Lipinski definition) is 4. The lowest BCUT2D eigenvalue weighted by atomic mass is 9.89. The van der Waals surface area contributed by atoms with Crippen LogP contribution in [0.15, 0.2) is 24.3 Å². The highest BCUT2D eigenvalue weighted by Gasteiger charge is 2.33. The van der Waals surface area contributed by atoms with Crippen molar-refractivity contribution in [2.75, 3.05) is 20.3 Å². The van der Waals surface area contributed by atoms with E-state index in [0.29, 0.717) is 30.8 Å². The molecule has 0 aliphatic carbocycles. The fourth-order valence-corrected chi connectivity index (χ4v) is 4.47. The fraction of sp³-hybridized carbons (Fsp3) is 0.520. The number of fused-ring (bicyclic) bond motifs is 1. The van der Waals surface area contributed by atoms with Crippen LogP contribution in [0.4, 0.5) is 0 Å². The Balaban J connectivity index is 1.75. The van der Waals surface area contributed by atoms with E-state index in [4.69, 9.17) is 4.74 Å². The van der Waals surface area contributed by atoms with Gasteiger partial charge in [0.25, 0.3) is 0 Å². The molecule has 0 radical (unpaired) electrons. The second-order valence-corrected chi connectivity index (χ2v) is 9.26. The van der Waals surface area contributed by atoms with Gasteiger partial charge in [-0.3, -0.25) is 19.2 Å². The van der Waals surface area contributed by atoms with Crippen molar-refractivity contribution in [3.63, 3.8) is 0 Å². The molecular weight excluding hydrogens is 438 g/mol. The quantitative estimate of drug-likeness (QED) is 0.349. The highest BCUT2D eigenvalue weighted by Crippen LogP contribution is 2.28. The molecule has 2 aromatic rings. The summed E-state index contributed by atoms with van der Waals surface area (Å²) in [5, 5.41) is 15.6. The van der Waals surface area contributed by atoms with E-state index < -0.39 is 36.2 Å². The number of ketones is 2. The third kappa shape index (κ3) is 6.02. The maximum atomic E-state index is 13.2. The number of carbonyl (C=O) groups excluding carboxylic acids is 4. The van der Waals surface area contributed by atoms with E-state index >= 15 is 0 Å². The van der Waals surface area contributed by atoms with Crippen molar-refractivity contribution in [2.45, 2.75) is 45.6 Å². The van der Waals surface area contributed by atoms with E-state index in [1.165, 1.54) is 0 Å². The molecule has 9 heteroatoms. The number of rotatable bonds is 12. The lowest BCUT2D eigenvalue weighted by Crippen LogP contribution is -2.46. The van der Waals surface area contributed by atoms with Crippen LogP contribution in [0.5, 0.6) is 5.75 Å². The predicted octanol–water partition coefficient (Wildman–Crippen LogP) is 1.98. The molecule has 3 rings (SSSR count). The van der Waals surface area contributed by atoms with Crippen molar-refractivity contribution < 1.29 is 29.0 Å².